The summed E-state index contributed by atoms with van der Waals surface area (Å²) in [6, 6.07) is 9.81. The van der Waals surface area contributed by atoms with E-state index in [4.69, 9.17) is 4.74 Å². The Labute approximate surface area is 158 Å². The molecule has 0 spiro atoms. The molecule has 1 aromatic heterocycles. The van der Waals surface area contributed by atoms with Crippen LogP contribution in [0.15, 0.2) is 41.1 Å². The number of nitrogens with one attached hydrogen (secondary N) is 1. The summed E-state index contributed by atoms with van der Waals surface area (Å²) >= 11 is 1.52. The average molecular weight is 372 g/mol. The third-order valence-electron chi connectivity index (χ3n) is 4.69. The largest absolute Gasteiger partial charge is 0.445 e. The molecular weight excluding hydrogens is 348 g/mol. The Morgan fingerprint density at radius 3 is 2.58 bits per heavy atom. The minimum absolute atomic E-state index is 0.0220. The van der Waals surface area contributed by atoms with Gasteiger partial charge in [-0.25, -0.2) is 4.79 Å². The summed E-state index contributed by atoms with van der Waals surface area (Å²) in [6.07, 6.45) is 1.50. The van der Waals surface area contributed by atoms with Crippen LogP contribution in [-0.2, 0) is 11.3 Å². The molecule has 0 radical (unpaired) electrons. The van der Waals surface area contributed by atoms with Crippen LogP contribution in [0, 0.1) is 12.8 Å². The van der Waals surface area contributed by atoms with Gasteiger partial charge in [0.05, 0.1) is 0 Å². The molecule has 0 saturated carbocycles. The van der Waals surface area contributed by atoms with Crippen molar-refractivity contribution in [2.24, 2.45) is 5.92 Å². The van der Waals surface area contributed by atoms with E-state index >= 15 is 0 Å². The van der Waals surface area contributed by atoms with E-state index in [1.165, 1.54) is 16.9 Å². The van der Waals surface area contributed by atoms with Gasteiger partial charge in [-0.1, -0.05) is 29.8 Å². The molecule has 0 aliphatic carbocycles. The molecule has 6 heteroatoms. The van der Waals surface area contributed by atoms with E-state index in [0.717, 1.165) is 18.4 Å². The fourth-order valence-corrected chi connectivity index (χ4v) is 3.61. The normalized spacial score (nSPS) is 14.9. The number of hydrogen-bond donors (Lipinski definition) is 1. The lowest BCUT2D eigenvalue weighted by molar-refractivity contribution is 0.0801. The zero-order valence-electron chi connectivity index (χ0n) is 14.9. The second-order valence-corrected chi connectivity index (χ2v) is 7.47. The summed E-state index contributed by atoms with van der Waals surface area (Å²) in [4.78, 5) is 25.9. The monoisotopic (exact) mass is 372 g/mol. The molecule has 26 heavy (non-hydrogen) atoms. The molecule has 1 aliphatic heterocycles. The first kappa shape index (κ1) is 18.5. The molecule has 1 fully saturated rings. The standard InChI is InChI=1S/C20H24N2O3S/c1-15-2-4-17(5-3-15)13-25-20(24)22-9-6-16(7-10-22)12-21-19(23)18-8-11-26-14-18/h2-5,8,11,14,16H,6-7,9-10,12-13H2,1H3,(H,21,23). The van der Waals surface area contributed by atoms with Crippen LogP contribution in [0.4, 0.5) is 4.79 Å². The molecule has 0 unspecified atom stereocenters. The molecule has 5 nitrogen and oxygen atoms in total. The van der Waals surface area contributed by atoms with Gasteiger partial charge >= 0.3 is 6.09 Å². The number of aryl methyl sites for hydroxylation is 1. The second-order valence-electron chi connectivity index (χ2n) is 6.69. The maximum absolute atomic E-state index is 12.2. The first-order valence-corrected chi connectivity index (χ1v) is 9.84. The Balaban J connectivity index is 1.37. The molecule has 2 heterocycles. The molecule has 2 aromatic rings. The summed E-state index contributed by atoms with van der Waals surface area (Å²) in [7, 11) is 0. The predicted molar refractivity (Wildman–Crippen MR) is 102 cm³/mol. The maximum Gasteiger partial charge on any atom is 0.410 e. The molecule has 1 saturated heterocycles. The number of nitrogens with zero attached hydrogens (tertiary/aromatic N) is 1. The van der Waals surface area contributed by atoms with Crippen molar-refractivity contribution >= 4 is 23.3 Å². The Kier molecular flexibility index (Phi) is 6.28. The van der Waals surface area contributed by atoms with E-state index < -0.39 is 0 Å². The van der Waals surface area contributed by atoms with Crippen LogP contribution in [0.25, 0.3) is 0 Å². The quantitative estimate of drug-likeness (QED) is 0.868. The van der Waals surface area contributed by atoms with Gasteiger partial charge in [-0.3, -0.25) is 4.79 Å². The van der Waals surface area contributed by atoms with Crippen LogP contribution in [0.1, 0.15) is 34.3 Å². The van der Waals surface area contributed by atoms with E-state index in [0.29, 0.717) is 37.7 Å². The van der Waals surface area contributed by atoms with E-state index in [-0.39, 0.29) is 12.0 Å². The van der Waals surface area contributed by atoms with Crippen molar-refractivity contribution in [3.63, 3.8) is 0 Å². The summed E-state index contributed by atoms with van der Waals surface area (Å²) in [5.74, 6) is 0.380. The SMILES string of the molecule is Cc1ccc(COC(=O)N2CCC(CNC(=O)c3ccsc3)CC2)cc1. The highest BCUT2D eigenvalue weighted by atomic mass is 32.1. The molecule has 1 N–H and O–H groups in total. The third kappa shape index (κ3) is 5.08. The van der Waals surface area contributed by atoms with Crippen molar-refractivity contribution in [1.82, 2.24) is 10.2 Å². The highest BCUT2D eigenvalue weighted by Crippen LogP contribution is 2.18. The van der Waals surface area contributed by atoms with Crippen molar-refractivity contribution in [3.8, 4) is 0 Å². The second kappa shape index (κ2) is 8.85. The number of carbonyl (C=O) groups excluding carboxylic acids is 2. The molecule has 2 amide bonds. The zero-order valence-corrected chi connectivity index (χ0v) is 15.8. The molecular formula is C20H24N2O3S. The van der Waals surface area contributed by atoms with Gasteiger partial charge in [0.1, 0.15) is 6.61 Å². The number of benzene rings is 1. The smallest absolute Gasteiger partial charge is 0.410 e. The summed E-state index contributed by atoms with van der Waals surface area (Å²) < 4.78 is 5.41. The molecule has 0 atom stereocenters. The van der Waals surface area contributed by atoms with Crippen molar-refractivity contribution in [3.05, 3.63) is 57.8 Å². The number of likely N-dealkylation sites (tertiary alicyclic amines) is 1. The van der Waals surface area contributed by atoms with Crippen molar-refractivity contribution in [2.45, 2.75) is 26.4 Å². The number of carbonyl (C=O) groups is 2. The highest BCUT2D eigenvalue weighted by molar-refractivity contribution is 7.08. The van der Waals surface area contributed by atoms with E-state index in [2.05, 4.69) is 5.32 Å². The van der Waals surface area contributed by atoms with Crippen molar-refractivity contribution in [1.29, 1.82) is 0 Å². The Hall–Kier alpha value is -2.34. The minimum atomic E-state index is -0.258. The first-order valence-electron chi connectivity index (χ1n) is 8.89. The van der Waals surface area contributed by atoms with Gasteiger partial charge in [0.2, 0.25) is 0 Å². The lowest BCUT2D eigenvalue weighted by Gasteiger charge is -2.31. The Bertz CT molecular complexity index is 720. The fourth-order valence-electron chi connectivity index (χ4n) is 2.97. The van der Waals surface area contributed by atoms with Gasteiger partial charge in [0.15, 0.2) is 0 Å². The van der Waals surface area contributed by atoms with Gasteiger partial charge in [-0.2, -0.15) is 11.3 Å². The lowest BCUT2D eigenvalue weighted by atomic mass is 9.97. The van der Waals surface area contributed by atoms with Crippen LogP contribution in [0.3, 0.4) is 0 Å². The van der Waals surface area contributed by atoms with E-state index in [1.807, 2.05) is 48.0 Å². The number of ether oxygens (including phenoxy) is 1. The zero-order chi connectivity index (χ0) is 18.4. The lowest BCUT2D eigenvalue weighted by Crippen LogP contribution is -2.41. The molecule has 1 aliphatic rings. The highest BCUT2D eigenvalue weighted by Gasteiger charge is 2.24. The molecule has 0 bridgehead atoms. The third-order valence-corrected chi connectivity index (χ3v) is 5.37. The van der Waals surface area contributed by atoms with Gasteiger partial charge in [0.25, 0.3) is 5.91 Å². The molecule has 138 valence electrons. The summed E-state index contributed by atoms with van der Waals surface area (Å²) in [5, 5.41) is 6.73. The maximum atomic E-state index is 12.2. The minimum Gasteiger partial charge on any atom is -0.445 e. The van der Waals surface area contributed by atoms with Crippen LogP contribution in [-0.4, -0.2) is 36.5 Å². The number of thiophene rings is 1. The van der Waals surface area contributed by atoms with Gasteiger partial charge in [0, 0.05) is 30.6 Å². The van der Waals surface area contributed by atoms with Crippen LogP contribution in [0.5, 0.6) is 0 Å². The van der Waals surface area contributed by atoms with Crippen LogP contribution in [0.2, 0.25) is 0 Å². The molecule has 1 aromatic carbocycles. The average Bonchev–Trinajstić information content (AvgIpc) is 3.21. The van der Waals surface area contributed by atoms with Crippen molar-refractivity contribution in [2.75, 3.05) is 19.6 Å². The number of hydrogen-bond acceptors (Lipinski definition) is 4. The predicted octanol–water partition coefficient (Wildman–Crippen LogP) is 3.84. The van der Waals surface area contributed by atoms with Crippen LogP contribution >= 0.6 is 11.3 Å². The summed E-state index contributed by atoms with van der Waals surface area (Å²) in [5.41, 5.74) is 2.90. The Morgan fingerprint density at radius 1 is 1.19 bits per heavy atom. The number of amides is 2. The fraction of sp³-hybridized carbons (Fsp3) is 0.400. The summed E-state index contributed by atoms with van der Waals surface area (Å²) in [6.45, 7) is 4.33. The number of rotatable bonds is 5. The van der Waals surface area contributed by atoms with Gasteiger partial charge < -0.3 is 15.0 Å². The first-order chi connectivity index (χ1) is 12.6. The van der Waals surface area contributed by atoms with Gasteiger partial charge in [-0.05, 0) is 42.7 Å². The Morgan fingerprint density at radius 2 is 1.92 bits per heavy atom. The number of piperidine rings is 1. The van der Waals surface area contributed by atoms with Crippen molar-refractivity contribution < 1.29 is 14.3 Å². The van der Waals surface area contributed by atoms with E-state index in [9.17, 15) is 9.59 Å². The van der Waals surface area contributed by atoms with Crippen LogP contribution < -0.4 is 5.32 Å². The van der Waals surface area contributed by atoms with Gasteiger partial charge in [-0.15, -0.1) is 0 Å². The van der Waals surface area contributed by atoms with E-state index in [1.54, 1.807) is 4.90 Å². The molecule has 3 rings (SSSR count). The topological polar surface area (TPSA) is 58.6 Å².